The van der Waals surface area contributed by atoms with Crippen molar-refractivity contribution in [1.82, 2.24) is 9.88 Å². The number of pyridine rings is 1. The maximum absolute atomic E-state index is 12.4. The van der Waals surface area contributed by atoms with Crippen molar-refractivity contribution >= 4 is 35.2 Å². The van der Waals surface area contributed by atoms with Crippen LogP contribution in [0.25, 0.3) is 11.1 Å². The minimum atomic E-state index is -1.18. The molecule has 9 nitrogen and oxygen atoms in total. The Kier molecular flexibility index (Phi) is 8.50. The Labute approximate surface area is 233 Å². The molecule has 0 spiro atoms. The second kappa shape index (κ2) is 11.8. The summed E-state index contributed by atoms with van der Waals surface area (Å²) < 4.78 is 11.6. The number of nitrogens with one attached hydrogen (secondary N) is 1. The summed E-state index contributed by atoms with van der Waals surface area (Å²) in [5.74, 6) is 0.0334. The van der Waals surface area contributed by atoms with E-state index in [1.54, 1.807) is 23.2 Å². The zero-order valence-electron chi connectivity index (χ0n) is 22.5. The molecule has 4 rings (SSSR count). The molecule has 2 aromatic carbocycles. The van der Waals surface area contributed by atoms with E-state index < -0.39 is 11.6 Å². The van der Waals surface area contributed by atoms with Gasteiger partial charge in [-0.05, 0) is 63.6 Å². The first kappa shape index (κ1) is 28.0. The van der Waals surface area contributed by atoms with Crippen molar-refractivity contribution in [1.29, 1.82) is 0 Å². The number of hydrogen-bond donors (Lipinski definition) is 2. The number of carboxylic acids is 1. The molecule has 1 fully saturated rings. The van der Waals surface area contributed by atoms with E-state index in [0.29, 0.717) is 44.3 Å². The van der Waals surface area contributed by atoms with Gasteiger partial charge in [-0.25, -0.2) is 14.6 Å². The molecule has 0 unspecified atom stereocenters. The zero-order valence-corrected chi connectivity index (χ0v) is 23.3. The van der Waals surface area contributed by atoms with Gasteiger partial charge in [0.25, 0.3) is 0 Å². The highest BCUT2D eigenvalue weighted by Gasteiger charge is 2.26. The van der Waals surface area contributed by atoms with E-state index in [-0.39, 0.29) is 22.4 Å². The monoisotopic (exact) mass is 552 g/mol. The van der Waals surface area contributed by atoms with Crippen LogP contribution in [-0.2, 0) is 4.74 Å². The minimum absolute atomic E-state index is 0.0925. The average molecular weight is 553 g/mol. The number of halogens is 1. The summed E-state index contributed by atoms with van der Waals surface area (Å²) in [6, 6.07) is 14.6. The molecule has 0 saturated carbocycles. The lowest BCUT2D eigenvalue weighted by Gasteiger charge is -2.36. The van der Waals surface area contributed by atoms with Gasteiger partial charge in [0.2, 0.25) is 0 Å². The molecule has 1 saturated heterocycles. The second-order valence-corrected chi connectivity index (χ2v) is 10.5. The number of nitrogens with zero attached hydrogens (tertiary/aromatic N) is 3. The van der Waals surface area contributed by atoms with Crippen LogP contribution in [0, 0.1) is 0 Å². The topological polar surface area (TPSA) is 104 Å². The highest BCUT2D eigenvalue weighted by Crippen LogP contribution is 2.38. The molecule has 2 N–H and O–H groups in total. The first-order valence-corrected chi connectivity index (χ1v) is 13.2. The Hall–Kier alpha value is -3.98. The van der Waals surface area contributed by atoms with E-state index in [1.807, 2.05) is 58.0 Å². The molecule has 206 valence electrons. The fraction of sp³-hybridized carbons (Fsp3) is 0.345. The third-order valence-corrected chi connectivity index (χ3v) is 6.42. The van der Waals surface area contributed by atoms with Crippen molar-refractivity contribution < 1.29 is 24.2 Å². The van der Waals surface area contributed by atoms with Crippen molar-refractivity contribution in [3.8, 4) is 22.6 Å². The number of piperazine rings is 1. The normalized spacial score (nSPS) is 13.7. The van der Waals surface area contributed by atoms with E-state index in [9.17, 15) is 14.7 Å². The third kappa shape index (κ3) is 6.92. The van der Waals surface area contributed by atoms with Gasteiger partial charge in [0.1, 0.15) is 22.7 Å². The summed E-state index contributed by atoms with van der Waals surface area (Å²) in [6.45, 7) is 10.8. The van der Waals surface area contributed by atoms with Gasteiger partial charge in [0, 0.05) is 44.0 Å². The Morgan fingerprint density at radius 1 is 1.05 bits per heavy atom. The van der Waals surface area contributed by atoms with E-state index in [4.69, 9.17) is 21.1 Å². The maximum atomic E-state index is 12.4. The Morgan fingerprint density at radius 3 is 2.36 bits per heavy atom. The summed E-state index contributed by atoms with van der Waals surface area (Å²) in [7, 11) is 0. The Balaban J connectivity index is 1.55. The van der Waals surface area contributed by atoms with Crippen LogP contribution in [0.5, 0.6) is 11.5 Å². The smallest absolute Gasteiger partial charge is 0.410 e. The number of anilines is 2. The van der Waals surface area contributed by atoms with Gasteiger partial charge in [-0.3, -0.25) is 0 Å². The van der Waals surface area contributed by atoms with E-state index in [2.05, 4.69) is 15.2 Å². The van der Waals surface area contributed by atoms with E-state index in [0.717, 1.165) is 16.8 Å². The third-order valence-electron chi connectivity index (χ3n) is 6.11. The van der Waals surface area contributed by atoms with Crippen LogP contribution in [-0.4, -0.2) is 65.4 Å². The molecule has 2 heterocycles. The van der Waals surface area contributed by atoms with Crippen LogP contribution in [0.4, 0.5) is 16.3 Å². The lowest BCUT2D eigenvalue weighted by molar-refractivity contribution is 0.0240. The average Bonchev–Trinajstić information content (AvgIpc) is 2.89. The fourth-order valence-corrected chi connectivity index (χ4v) is 4.52. The molecule has 39 heavy (non-hydrogen) atoms. The fourth-order valence-electron chi connectivity index (χ4n) is 4.27. The molecule has 1 aliphatic rings. The van der Waals surface area contributed by atoms with E-state index in [1.165, 1.54) is 6.07 Å². The molecule has 0 radical (unpaired) electrons. The van der Waals surface area contributed by atoms with Gasteiger partial charge >= 0.3 is 12.1 Å². The maximum Gasteiger partial charge on any atom is 0.410 e. The number of hydrogen-bond acceptors (Lipinski definition) is 7. The Bertz CT molecular complexity index is 1330. The lowest BCUT2D eigenvalue weighted by atomic mass is 10.0. The second-order valence-electron chi connectivity index (χ2n) is 10.1. The summed E-state index contributed by atoms with van der Waals surface area (Å²) >= 11 is 6.14. The van der Waals surface area contributed by atoms with Crippen molar-refractivity contribution in [3.05, 3.63) is 65.3 Å². The number of amides is 1. The quantitative estimate of drug-likeness (QED) is 0.348. The number of ether oxygens (including phenoxy) is 2. The summed E-state index contributed by atoms with van der Waals surface area (Å²) in [5.41, 5.74) is 2.03. The number of rotatable bonds is 7. The van der Waals surface area contributed by atoms with Crippen molar-refractivity contribution in [2.45, 2.75) is 33.3 Å². The molecular weight excluding hydrogens is 520 g/mol. The molecule has 1 aromatic heterocycles. The number of carboxylic acid groups (broad SMARTS) is 1. The first-order chi connectivity index (χ1) is 18.6. The predicted molar refractivity (Wildman–Crippen MR) is 152 cm³/mol. The molecule has 1 amide bonds. The van der Waals surface area contributed by atoms with Crippen LogP contribution in [0.3, 0.4) is 0 Å². The number of carbonyl (C=O) groups is 2. The SMILES string of the molecule is CCNc1cc(-c2ccc(N3CCN(C(=O)OC(C)(C)C)CC3)cc2)c(Oc2cccc(Cl)c2C(=O)O)cn1. The molecule has 0 aliphatic carbocycles. The van der Waals surface area contributed by atoms with Gasteiger partial charge in [0.05, 0.1) is 11.2 Å². The van der Waals surface area contributed by atoms with Crippen LogP contribution in [0.1, 0.15) is 38.1 Å². The van der Waals surface area contributed by atoms with Crippen LogP contribution < -0.4 is 15.0 Å². The van der Waals surface area contributed by atoms with Gasteiger partial charge in [-0.1, -0.05) is 29.8 Å². The van der Waals surface area contributed by atoms with Crippen molar-refractivity contribution in [2.75, 3.05) is 42.9 Å². The van der Waals surface area contributed by atoms with Crippen molar-refractivity contribution in [2.24, 2.45) is 0 Å². The van der Waals surface area contributed by atoms with Crippen LogP contribution >= 0.6 is 11.6 Å². The predicted octanol–water partition coefficient (Wildman–Crippen LogP) is 6.38. The van der Waals surface area contributed by atoms with E-state index >= 15 is 0 Å². The zero-order chi connectivity index (χ0) is 28.2. The highest BCUT2D eigenvalue weighted by atomic mass is 35.5. The highest BCUT2D eigenvalue weighted by molar-refractivity contribution is 6.33. The largest absolute Gasteiger partial charge is 0.478 e. The van der Waals surface area contributed by atoms with Gasteiger partial charge in [-0.15, -0.1) is 0 Å². The number of benzene rings is 2. The molecule has 0 bridgehead atoms. The molecular formula is C29H33ClN4O5. The number of aromatic nitrogens is 1. The van der Waals surface area contributed by atoms with Gasteiger partial charge < -0.3 is 29.7 Å². The molecule has 3 aromatic rings. The summed E-state index contributed by atoms with van der Waals surface area (Å²) in [4.78, 5) is 32.6. The lowest BCUT2D eigenvalue weighted by Crippen LogP contribution is -2.50. The number of carbonyl (C=O) groups excluding carboxylic acids is 1. The molecule has 0 atom stereocenters. The number of aromatic carboxylic acids is 1. The Morgan fingerprint density at radius 2 is 1.74 bits per heavy atom. The summed E-state index contributed by atoms with van der Waals surface area (Å²) in [6.07, 6.45) is 1.29. The summed E-state index contributed by atoms with van der Waals surface area (Å²) in [5, 5.41) is 13.0. The van der Waals surface area contributed by atoms with Gasteiger partial charge in [-0.2, -0.15) is 0 Å². The van der Waals surface area contributed by atoms with Crippen LogP contribution in [0.15, 0.2) is 54.7 Å². The minimum Gasteiger partial charge on any atom is -0.478 e. The molecule has 1 aliphatic heterocycles. The molecule has 10 heteroatoms. The van der Waals surface area contributed by atoms with Gasteiger partial charge in [0.15, 0.2) is 5.75 Å². The standard InChI is InChI=1S/C29H33ClN4O5/c1-5-31-25-17-21(24(18-32-25)38-23-8-6-7-22(30)26(23)27(35)36)19-9-11-20(12-10-19)33-13-15-34(16-14-33)28(37)39-29(2,3)4/h6-12,17-18H,5,13-16H2,1-4H3,(H,31,32)(H,35,36). The first-order valence-electron chi connectivity index (χ1n) is 12.8. The van der Waals surface area contributed by atoms with Crippen LogP contribution in [0.2, 0.25) is 5.02 Å². The van der Waals surface area contributed by atoms with Crippen molar-refractivity contribution in [3.63, 3.8) is 0 Å².